The second-order valence-electron chi connectivity index (χ2n) is 3.75. The molecule has 0 aliphatic heterocycles. The first kappa shape index (κ1) is 15.5. The number of fused-ring (bicyclic) bond motifs is 1. The normalized spacial score (nSPS) is 10.8. The van der Waals surface area contributed by atoms with Gasteiger partial charge in [0.15, 0.2) is 0 Å². The Bertz CT molecular complexity index is 675. The van der Waals surface area contributed by atoms with Crippen molar-refractivity contribution in [3.05, 3.63) is 35.9 Å². The minimum Gasteiger partial charge on any atom is -0.496 e. The molecule has 0 fully saturated rings. The van der Waals surface area contributed by atoms with E-state index in [1.54, 1.807) is 31.2 Å². The van der Waals surface area contributed by atoms with Crippen LogP contribution >= 0.6 is 0 Å². The van der Waals surface area contributed by atoms with Gasteiger partial charge in [0, 0.05) is 10.8 Å². The van der Waals surface area contributed by atoms with Crippen LogP contribution in [-0.4, -0.2) is 20.1 Å². The lowest BCUT2D eigenvalue weighted by Gasteiger charge is -2.11. The van der Waals surface area contributed by atoms with Crippen LogP contribution in [0.2, 0.25) is 0 Å². The Balaban J connectivity index is 0.000000861. The Morgan fingerprint density at radius 1 is 1.11 bits per heavy atom. The van der Waals surface area contributed by atoms with Gasteiger partial charge in [-0.05, 0) is 18.6 Å². The first-order valence-electron chi connectivity index (χ1n) is 5.99. The van der Waals surface area contributed by atoms with Crippen molar-refractivity contribution >= 4 is 20.9 Å². The number of ether oxygens (including phenoxy) is 1. The van der Waals surface area contributed by atoms with Crippen LogP contribution in [0.15, 0.2) is 35.2 Å². The number of benzene rings is 2. The van der Waals surface area contributed by atoms with E-state index in [4.69, 9.17) is 4.74 Å². The van der Waals surface area contributed by atoms with Gasteiger partial charge in [0.05, 0.1) is 7.11 Å². The largest absolute Gasteiger partial charge is 0.496 e. The molecule has 0 aliphatic rings. The van der Waals surface area contributed by atoms with Crippen LogP contribution in [0.5, 0.6) is 5.75 Å². The maximum Gasteiger partial charge on any atom is 0.295 e. The molecule has 0 bridgehead atoms. The molecule has 5 heteroatoms. The molecule has 104 valence electrons. The standard InChI is InChI=1S/C12H12O4S.C2H6/c1-8-7-11(17(13,14)15)9-5-3-4-6-10(9)12(8)16-2;1-2/h3-7H,1-2H3,(H,13,14,15);1-2H3. The van der Waals surface area contributed by atoms with E-state index >= 15 is 0 Å². The molecule has 0 radical (unpaired) electrons. The molecule has 2 aromatic carbocycles. The first-order chi connectivity index (χ1) is 8.95. The summed E-state index contributed by atoms with van der Waals surface area (Å²) < 4.78 is 37.1. The summed E-state index contributed by atoms with van der Waals surface area (Å²) in [7, 11) is -2.70. The summed E-state index contributed by atoms with van der Waals surface area (Å²) in [6, 6.07) is 8.32. The van der Waals surface area contributed by atoms with Crippen LogP contribution in [0.1, 0.15) is 19.4 Å². The van der Waals surface area contributed by atoms with Gasteiger partial charge in [-0.25, -0.2) is 0 Å². The summed E-state index contributed by atoms with van der Waals surface area (Å²) in [6.45, 7) is 5.74. The van der Waals surface area contributed by atoms with Crippen molar-refractivity contribution in [3.63, 3.8) is 0 Å². The number of aryl methyl sites for hydroxylation is 1. The molecule has 0 aliphatic carbocycles. The third-order valence-electron chi connectivity index (χ3n) is 2.62. The molecule has 0 heterocycles. The lowest BCUT2D eigenvalue weighted by molar-refractivity contribution is 0.416. The molecule has 1 N–H and O–H groups in total. The predicted molar refractivity (Wildman–Crippen MR) is 76.4 cm³/mol. The average Bonchev–Trinajstić information content (AvgIpc) is 2.39. The average molecular weight is 282 g/mol. The topological polar surface area (TPSA) is 63.6 Å². The van der Waals surface area contributed by atoms with E-state index in [0.29, 0.717) is 22.1 Å². The van der Waals surface area contributed by atoms with Crippen LogP contribution in [0.3, 0.4) is 0 Å². The highest BCUT2D eigenvalue weighted by Crippen LogP contribution is 2.33. The lowest BCUT2D eigenvalue weighted by atomic mass is 10.1. The maximum absolute atomic E-state index is 11.3. The van der Waals surface area contributed by atoms with Gasteiger partial charge in [-0.2, -0.15) is 8.42 Å². The zero-order chi connectivity index (χ0) is 14.6. The SMILES string of the molecule is CC.COc1c(C)cc(S(=O)(=O)O)c2ccccc12. The van der Waals surface area contributed by atoms with Crippen LogP contribution in [0, 0.1) is 6.92 Å². The Morgan fingerprint density at radius 2 is 1.63 bits per heavy atom. The maximum atomic E-state index is 11.3. The summed E-state index contributed by atoms with van der Waals surface area (Å²) in [5.41, 5.74) is 0.666. The zero-order valence-corrected chi connectivity index (χ0v) is 12.3. The highest BCUT2D eigenvalue weighted by Gasteiger charge is 2.17. The molecule has 0 spiro atoms. The van der Waals surface area contributed by atoms with Crippen LogP contribution in [0.25, 0.3) is 10.8 Å². The minimum absolute atomic E-state index is 0.0913. The molecule has 2 rings (SSSR count). The van der Waals surface area contributed by atoms with Crippen molar-refractivity contribution in [1.29, 1.82) is 0 Å². The second kappa shape index (κ2) is 6.04. The third-order valence-corrected chi connectivity index (χ3v) is 3.52. The summed E-state index contributed by atoms with van der Waals surface area (Å²) >= 11 is 0. The number of hydrogen-bond donors (Lipinski definition) is 1. The van der Waals surface area contributed by atoms with Gasteiger partial charge in [-0.15, -0.1) is 0 Å². The van der Waals surface area contributed by atoms with E-state index in [1.165, 1.54) is 13.2 Å². The van der Waals surface area contributed by atoms with Crippen LogP contribution in [0.4, 0.5) is 0 Å². The Kier molecular flexibility index (Phi) is 4.91. The van der Waals surface area contributed by atoms with E-state index in [-0.39, 0.29) is 4.90 Å². The highest BCUT2D eigenvalue weighted by molar-refractivity contribution is 7.86. The van der Waals surface area contributed by atoms with E-state index in [1.807, 2.05) is 13.8 Å². The number of hydrogen-bond acceptors (Lipinski definition) is 3. The fourth-order valence-corrected chi connectivity index (χ4v) is 2.71. The Labute approximate surface area is 113 Å². The van der Waals surface area contributed by atoms with E-state index in [0.717, 1.165) is 0 Å². The fraction of sp³-hybridized carbons (Fsp3) is 0.286. The third kappa shape index (κ3) is 3.05. The van der Waals surface area contributed by atoms with Gasteiger partial charge in [0.2, 0.25) is 0 Å². The molecule has 0 atom stereocenters. The molecule has 0 aromatic heterocycles. The predicted octanol–water partition coefficient (Wildman–Crippen LogP) is 3.43. The van der Waals surface area contributed by atoms with Gasteiger partial charge >= 0.3 is 0 Å². The van der Waals surface area contributed by atoms with E-state index in [9.17, 15) is 13.0 Å². The minimum atomic E-state index is -4.23. The Morgan fingerprint density at radius 3 is 2.11 bits per heavy atom. The molecule has 0 unspecified atom stereocenters. The molecule has 19 heavy (non-hydrogen) atoms. The van der Waals surface area contributed by atoms with Crippen LogP contribution in [-0.2, 0) is 10.1 Å². The number of rotatable bonds is 2. The fourth-order valence-electron chi connectivity index (χ4n) is 1.93. The Hall–Kier alpha value is -1.59. The summed E-state index contributed by atoms with van der Waals surface area (Å²) in [5, 5.41) is 1.13. The number of methoxy groups -OCH3 is 1. The van der Waals surface area contributed by atoms with E-state index < -0.39 is 10.1 Å². The molecular formula is C14H18O4S. The monoisotopic (exact) mass is 282 g/mol. The highest BCUT2D eigenvalue weighted by atomic mass is 32.2. The van der Waals surface area contributed by atoms with Crippen molar-refractivity contribution in [2.24, 2.45) is 0 Å². The second-order valence-corrected chi connectivity index (χ2v) is 5.14. The van der Waals surface area contributed by atoms with Crippen molar-refractivity contribution in [2.45, 2.75) is 25.7 Å². The molecule has 0 amide bonds. The zero-order valence-electron chi connectivity index (χ0n) is 11.5. The van der Waals surface area contributed by atoms with Crippen molar-refractivity contribution in [1.82, 2.24) is 0 Å². The van der Waals surface area contributed by atoms with Gasteiger partial charge in [-0.1, -0.05) is 38.1 Å². The molecule has 0 saturated carbocycles. The van der Waals surface area contributed by atoms with Gasteiger partial charge in [0.25, 0.3) is 10.1 Å². The molecular weight excluding hydrogens is 264 g/mol. The summed E-state index contributed by atoms with van der Waals surface area (Å²) in [5.74, 6) is 0.619. The summed E-state index contributed by atoms with van der Waals surface area (Å²) in [6.07, 6.45) is 0. The van der Waals surface area contributed by atoms with Gasteiger partial charge < -0.3 is 4.74 Å². The van der Waals surface area contributed by atoms with Gasteiger partial charge in [-0.3, -0.25) is 4.55 Å². The molecule has 4 nitrogen and oxygen atoms in total. The van der Waals surface area contributed by atoms with Crippen LogP contribution < -0.4 is 4.74 Å². The van der Waals surface area contributed by atoms with E-state index in [2.05, 4.69) is 0 Å². The molecule has 2 aromatic rings. The molecule has 0 saturated heterocycles. The van der Waals surface area contributed by atoms with Crippen molar-refractivity contribution < 1.29 is 17.7 Å². The quantitative estimate of drug-likeness (QED) is 0.857. The van der Waals surface area contributed by atoms with Crippen molar-refractivity contribution in [3.8, 4) is 5.75 Å². The van der Waals surface area contributed by atoms with Gasteiger partial charge in [0.1, 0.15) is 10.6 Å². The summed E-state index contributed by atoms with van der Waals surface area (Å²) in [4.78, 5) is -0.0913. The van der Waals surface area contributed by atoms with Crippen molar-refractivity contribution in [2.75, 3.05) is 7.11 Å². The lowest BCUT2D eigenvalue weighted by Crippen LogP contribution is -2.01. The smallest absolute Gasteiger partial charge is 0.295 e. The first-order valence-corrected chi connectivity index (χ1v) is 7.43.